The van der Waals surface area contributed by atoms with E-state index in [2.05, 4.69) is 9.71 Å². The highest BCUT2D eigenvalue weighted by molar-refractivity contribution is 7.89. The first-order valence-corrected chi connectivity index (χ1v) is 6.36. The molecule has 0 fully saturated rings. The average molecular weight is 265 g/mol. The molecule has 0 bridgehead atoms. The van der Waals surface area contributed by atoms with Gasteiger partial charge in [0.05, 0.1) is 5.02 Å². The van der Waals surface area contributed by atoms with Gasteiger partial charge in [-0.25, -0.2) is 18.1 Å². The predicted molar refractivity (Wildman–Crippen MR) is 62.5 cm³/mol. The Morgan fingerprint density at radius 2 is 2.25 bits per heavy atom. The fourth-order valence-corrected chi connectivity index (χ4v) is 2.61. The number of nitrogen functional groups attached to an aromatic ring is 1. The summed E-state index contributed by atoms with van der Waals surface area (Å²) >= 11 is 5.66. The highest BCUT2D eigenvalue weighted by Crippen LogP contribution is 2.19. The maximum atomic E-state index is 11.8. The van der Waals surface area contributed by atoms with Crippen LogP contribution in [0.15, 0.2) is 17.2 Å². The molecule has 0 aliphatic carbocycles. The van der Waals surface area contributed by atoms with Crippen molar-refractivity contribution in [3.63, 3.8) is 0 Å². The van der Waals surface area contributed by atoms with Crippen LogP contribution in [0.25, 0.3) is 0 Å². The Bertz CT molecular complexity index is 477. The quantitative estimate of drug-likeness (QED) is 0.706. The third-order valence-corrected chi connectivity index (χ3v) is 3.67. The minimum absolute atomic E-state index is 0.0962. The molecule has 0 saturated carbocycles. The number of pyridine rings is 1. The standard InChI is InChI=1S/C8H13ClN4O2S/c1-5(3-10)13-16(14,15)7-2-6(9)4-12-8(7)11/h2,4-5,13H,3,10H2,1H3,(H2,11,12)/t5-/m0/s1. The molecule has 1 aromatic rings. The van der Waals surface area contributed by atoms with E-state index in [-0.39, 0.29) is 28.3 Å². The lowest BCUT2D eigenvalue weighted by atomic mass is 10.4. The number of nitrogens with zero attached hydrogens (tertiary/aromatic N) is 1. The molecule has 6 nitrogen and oxygen atoms in total. The number of halogens is 1. The van der Waals surface area contributed by atoms with Gasteiger partial charge in [0.15, 0.2) is 0 Å². The van der Waals surface area contributed by atoms with Gasteiger partial charge in [-0.2, -0.15) is 0 Å². The lowest BCUT2D eigenvalue weighted by molar-refractivity contribution is 0.563. The molecule has 1 rings (SSSR count). The van der Waals surface area contributed by atoms with E-state index in [1.807, 2.05) is 0 Å². The van der Waals surface area contributed by atoms with Crippen molar-refractivity contribution in [1.82, 2.24) is 9.71 Å². The van der Waals surface area contributed by atoms with Crippen LogP contribution in [-0.2, 0) is 10.0 Å². The van der Waals surface area contributed by atoms with E-state index in [0.29, 0.717) is 0 Å². The van der Waals surface area contributed by atoms with Crippen LogP contribution in [0, 0.1) is 0 Å². The molecule has 0 spiro atoms. The van der Waals surface area contributed by atoms with Crippen molar-refractivity contribution in [3.05, 3.63) is 17.3 Å². The molecule has 0 radical (unpaired) electrons. The van der Waals surface area contributed by atoms with E-state index in [9.17, 15) is 8.42 Å². The normalized spacial score (nSPS) is 13.7. The summed E-state index contributed by atoms with van der Waals surface area (Å²) < 4.78 is 26.0. The van der Waals surface area contributed by atoms with Gasteiger partial charge >= 0.3 is 0 Å². The number of rotatable bonds is 4. The van der Waals surface area contributed by atoms with E-state index < -0.39 is 10.0 Å². The van der Waals surface area contributed by atoms with Gasteiger partial charge in [-0.05, 0) is 13.0 Å². The van der Waals surface area contributed by atoms with Crippen LogP contribution < -0.4 is 16.2 Å². The van der Waals surface area contributed by atoms with Gasteiger partial charge < -0.3 is 11.5 Å². The SMILES string of the molecule is C[C@@H](CN)NS(=O)(=O)c1cc(Cl)cnc1N. The monoisotopic (exact) mass is 264 g/mol. The number of nitrogens with one attached hydrogen (secondary N) is 1. The summed E-state index contributed by atoms with van der Waals surface area (Å²) in [4.78, 5) is 3.53. The second kappa shape index (κ2) is 4.96. The lowest BCUT2D eigenvalue weighted by Gasteiger charge is -2.12. The van der Waals surface area contributed by atoms with E-state index >= 15 is 0 Å². The van der Waals surface area contributed by atoms with Crippen LogP contribution >= 0.6 is 11.6 Å². The molecular formula is C8H13ClN4O2S. The van der Waals surface area contributed by atoms with Gasteiger partial charge in [0.25, 0.3) is 0 Å². The van der Waals surface area contributed by atoms with Crippen molar-refractivity contribution in [2.24, 2.45) is 5.73 Å². The Kier molecular flexibility index (Phi) is 4.09. The highest BCUT2D eigenvalue weighted by atomic mass is 35.5. The molecule has 5 N–H and O–H groups in total. The molecule has 0 amide bonds. The topological polar surface area (TPSA) is 111 Å². The third kappa shape index (κ3) is 3.05. The van der Waals surface area contributed by atoms with Crippen LogP contribution in [0.2, 0.25) is 5.02 Å². The van der Waals surface area contributed by atoms with E-state index in [0.717, 1.165) is 0 Å². The van der Waals surface area contributed by atoms with Crippen molar-refractivity contribution in [2.75, 3.05) is 12.3 Å². The first kappa shape index (κ1) is 13.2. The lowest BCUT2D eigenvalue weighted by Crippen LogP contribution is -2.38. The summed E-state index contributed by atoms with van der Waals surface area (Å²) in [6.45, 7) is 1.83. The van der Waals surface area contributed by atoms with Gasteiger partial charge in [0.2, 0.25) is 10.0 Å². The molecule has 0 aliphatic rings. The zero-order valence-electron chi connectivity index (χ0n) is 8.64. The summed E-state index contributed by atoms with van der Waals surface area (Å²) in [5, 5.41) is 0.204. The van der Waals surface area contributed by atoms with Gasteiger partial charge in [0.1, 0.15) is 10.7 Å². The predicted octanol–water partition coefficient (Wildman–Crippen LogP) is -0.0573. The molecule has 8 heteroatoms. The average Bonchev–Trinajstić information content (AvgIpc) is 2.20. The first-order valence-electron chi connectivity index (χ1n) is 4.50. The molecular weight excluding hydrogens is 252 g/mol. The van der Waals surface area contributed by atoms with E-state index in [1.165, 1.54) is 12.3 Å². The molecule has 1 aromatic heterocycles. The van der Waals surface area contributed by atoms with Crippen LogP contribution in [0.1, 0.15) is 6.92 Å². The molecule has 1 heterocycles. The second-order valence-electron chi connectivity index (χ2n) is 3.29. The van der Waals surface area contributed by atoms with E-state index in [4.69, 9.17) is 23.1 Å². The van der Waals surface area contributed by atoms with Gasteiger partial charge in [-0.15, -0.1) is 0 Å². The van der Waals surface area contributed by atoms with Crippen molar-refractivity contribution >= 4 is 27.4 Å². The van der Waals surface area contributed by atoms with Gasteiger partial charge in [-0.3, -0.25) is 0 Å². The minimum atomic E-state index is -3.73. The molecule has 0 aliphatic heterocycles. The van der Waals surface area contributed by atoms with E-state index in [1.54, 1.807) is 6.92 Å². The second-order valence-corrected chi connectivity index (χ2v) is 5.41. The maximum absolute atomic E-state index is 11.8. The van der Waals surface area contributed by atoms with Crippen molar-refractivity contribution < 1.29 is 8.42 Å². The Morgan fingerprint density at radius 1 is 1.62 bits per heavy atom. The Balaban J connectivity index is 3.12. The Hall–Kier alpha value is -0.890. The van der Waals surface area contributed by atoms with Gasteiger partial charge in [-0.1, -0.05) is 11.6 Å². The largest absolute Gasteiger partial charge is 0.383 e. The summed E-state index contributed by atoms with van der Waals surface area (Å²) in [6.07, 6.45) is 1.28. The van der Waals surface area contributed by atoms with Crippen LogP contribution in [0.4, 0.5) is 5.82 Å². The molecule has 0 unspecified atom stereocenters. The summed E-state index contributed by atoms with van der Waals surface area (Å²) in [6, 6.07) is 0.860. The third-order valence-electron chi connectivity index (χ3n) is 1.85. The summed E-state index contributed by atoms with van der Waals surface area (Å²) in [5.74, 6) is -0.0962. The van der Waals surface area contributed by atoms with Crippen LogP contribution in [0.3, 0.4) is 0 Å². The maximum Gasteiger partial charge on any atom is 0.244 e. The number of hydrogen-bond acceptors (Lipinski definition) is 5. The van der Waals surface area contributed by atoms with Crippen LogP contribution in [0.5, 0.6) is 0 Å². The number of hydrogen-bond donors (Lipinski definition) is 3. The zero-order valence-corrected chi connectivity index (χ0v) is 10.2. The number of anilines is 1. The summed E-state index contributed by atoms with van der Waals surface area (Å²) in [7, 11) is -3.73. The smallest absolute Gasteiger partial charge is 0.244 e. The highest BCUT2D eigenvalue weighted by Gasteiger charge is 2.20. The number of sulfonamides is 1. The number of nitrogens with two attached hydrogens (primary N) is 2. The summed E-state index contributed by atoms with van der Waals surface area (Å²) in [5.41, 5.74) is 10.8. The first-order chi connectivity index (χ1) is 7.36. The Morgan fingerprint density at radius 3 is 2.81 bits per heavy atom. The molecule has 1 atom stereocenters. The van der Waals surface area contributed by atoms with Gasteiger partial charge in [0, 0.05) is 18.8 Å². The zero-order chi connectivity index (χ0) is 12.3. The van der Waals surface area contributed by atoms with Crippen molar-refractivity contribution in [3.8, 4) is 0 Å². The molecule has 16 heavy (non-hydrogen) atoms. The van der Waals surface area contributed by atoms with Crippen LogP contribution in [-0.4, -0.2) is 26.0 Å². The fourth-order valence-electron chi connectivity index (χ4n) is 1.02. The molecule has 0 aromatic carbocycles. The van der Waals surface area contributed by atoms with Crippen molar-refractivity contribution in [1.29, 1.82) is 0 Å². The number of aromatic nitrogens is 1. The fraction of sp³-hybridized carbons (Fsp3) is 0.375. The Labute approximate surface area is 99.0 Å². The van der Waals surface area contributed by atoms with Crippen molar-refractivity contribution in [2.45, 2.75) is 17.9 Å². The minimum Gasteiger partial charge on any atom is -0.383 e. The molecule has 90 valence electrons. The molecule has 0 saturated heterocycles.